The number of hydrogen-bond donors (Lipinski definition) is 1. The van der Waals surface area contributed by atoms with Gasteiger partial charge < -0.3 is 9.84 Å². The number of rotatable bonds is 9. The van der Waals surface area contributed by atoms with Crippen molar-refractivity contribution in [3.63, 3.8) is 0 Å². The zero-order chi connectivity index (χ0) is 22.4. The molecule has 31 heavy (non-hydrogen) atoms. The molecule has 1 N–H and O–H groups in total. The van der Waals surface area contributed by atoms with Crippen LogP contribution in [0.15, 0.2) is 54.6 Å². The minimum absolute atomic E-state index is 0.0443. The summed E-state index contributed by atoms with van der Waals surface area (Å²) in [6.45, 7) is 8.68. The summed E-state index contributed by atoms with van der Waals surface area (Å²) in [5, 5.41) is 9.08. The van der Waals surface area contributed by atoms with Crippen LogP contribution in [-0.4, -0.2) is 47.5 Å². The van der Waals surface area contributed by atoms with E-state index in [4.69, 9.17) is 9.84 Å². The average molecular weight is 424 g/mol. The van der Waals surface area contributed by atoms with Crippen molar-refractivity contribution in [2.24, 2.45) is 5.41 Å². The van der Waals surface area contributed by atoms with Crippen molar-refractivity contribution in [2.45, 2.75) is 52.0 Å². The van der Waals surface area contributed by atoms with Gasteiger partial charge >= 0.3 is 5.97 Å². The lowest BCUT2D eigenvalue weighted by Gasteiger charge is -2.43. The summed E-state index contributed by atoms with van der Waals surface area (Å²) in [4.78, 5) is 26.7. The van der Waals surface area contributed by atoms with Gasteiger partial charge in [0.05, 0.1) is 11.6 Å². The highest BCUT2D eigenvalue weighted by Gasteiger charge is 2.37. The van der Waals surface area contributed by atoms with E-state index in [9.17, 15) is 9.59 Å². The second-order valence-corrected chi connectivity index (χ2v) is 9.33. The fraction of sp³-hybridized carbons (Fsp3) is 0.462. The zero-order valence-electron chi connectivity index (χ0n) is 18.7. The van der Waals surface area contributed by atoms with Crippen molar-refractivity contribution in [2.75, 3.05) is 19.7 Å². The molecule has 1 saturated heterocycles. The number of carbonyl (C=O) groups excluding carboxylic acids is 1. The first kappa shape index (κ1) is 23.0. The molecular weight excluding hydrogens is 390 g/mol. The van der Waals surface area contributed by atoms with E-state index < -0.39 is 5.97 Å². The Morgan fingerprint density at radius 3 is 2.45 bits per heavy atom. The van der Waals surface area contributed by atoms with Gasteiger partial charge in [-0.2, -0.15) is 0 Å². The predicted molar refractivity (Wildman–Crippen MR) is 122 cm³/mol. The molecule has 1 fully saturated rings. The Bertz CT molecular complexity index is 876. The molecule has 0 amide bonds. The van der Waals surface area contributed by atoms with E-state index >= 15 is 0 Å². The van der Waals surface area contributed by atoms with Gasteiger partial charge in [-0.15, -0.1) is 0 Å². The molecule has 0 spiro atoms. The van der Waals surface area contributed by atoms with Gasteiger partial charge in [0.1, 0.15) is 12.4 Å². The minimum Gasteiger partial charge on any atom is -0.492 e. The molecule has 0 radical (unpaired) electrons. The molecule has 2 aromatic rings. The van der Waals surface area contributed by atoms with E-state index in [1.165, 1.54) is 0 Å². The van der Waals surface area contributed by atoms with Crippen LogP contribution in [0.4, 0.5) is 0 Å². The Kier molecular flexibility index (Phi) is 7.50. The lowest BCUT2D eigenvalue weighted by Crippen LogP contribution is -2.50. The molecule has 1 aliphatic rings. The molecule has 0 saturated carbocycles. The largest absolute Gasteiger partial charge is 0.492 e. The van der Waals surface area contributed by atoms with Crippen LogP contribution in [0, 0.1) is 5.41 Å². The third kappa shape index (κ3) is 6.41. The number of piperidine rings is 1. The number of ether oxygens (including phenoxy) is 1. The van der Waals surface area contributed by atoms with Gasteiger partial charge in [-0.05, 0) is 60.5 Å². The summed E-state index contributed by atoms with van der Waals surface area (Å²) in [6, 6.07) is 16.5. The molecule has 0 aliphatic carbocycles. The van der Waals surface area contributed by atoms with Crippen molar-refractivity contribution in [3.8, 4) is 5.75 Å². The monoisotopic (exact) mass is 423 g/mol. The Hall–Kier alpha value is -2.66. The summed E-state index contributed by atoms with van der Waals surface area (Å²) in [5.74, 6) is 0.208. The highest BCUT2D eigenvalue weighted by atomic mass is 16.5. The molecule has 2 aromatic carbocycles. The average Bonchev–Trinajstić information content (AvgIpc) is 2.75. The van der Waals surface area contributed by atoms with Gasteiger partial charge in [-0.3, -0.25) is 9.69 Å². The lowest BCUT2D eigenvalue weighted by atomic mass is 9.76. The third-order valence-electron chi connectivity index (χ3n) is 6.26. The van der Waals surface area contributed by atoms with Gasteiger partial charge in [-0.25, -0.2) is 4.79 Å². The number of nitrogens with zero attached hydrogens (tertiary/aromatic N) is 1. The first-order chi connectivity index (χ1) is 14.7. The number of Topliss-reactive ketones (excluding diaryl/α,β-unsaturated/α-hetero) is 1. The van der Waals surface area contributed by atoms with Gasteiger partial charge in [0.25, 0.3) is 0 Å². The maximum Gasteiger partial charge on any atom is 0.335 e. The van der Waals surface area contributed by atoms with E-state index in [2.05, 4.69) is 18.7 Å². The molecule has 5 heteroatoms. The van der Waals surface area contributed by atoms with E-state index in [-0.39, 0.29) is 28.7 Å². The Labute approximate surface area is 185 Å². The van der Waals surface area contributed by atoms with Gasteiger partial charge in [0.15, 0.2) is 5.78 Å². The maximum absolute atomic E-state index is 13.3. The summed E-state index contributed by atoms with van der Waals surface area (Å²) in [7, 11) is 0. The molecule has 5 nitrogen and oxygen atoms in total. The molecule has 1 aliphatic heterocycles. The van der Waals surface area contributed by atoms with Crippen LogP contribution in [0.3, 0.4) is 0 Å². The highest BCUT2D eigenvalue weighted by molar-refractivity contribution is 5.87. The van der Waals surface area contributed by atoms with Crippen molar-refractivity contribution in [1.82, 2.24) is 4.90 Å². The van der Waals surface area contributed by atoms with E-state index in [0.717, 1.165) is 37.2 Å². The highest BCUT2D eigenvalue weighted by Crippen LogP contribution is 2.35. The number of carbonyl (C=O) groups is 2. The number of para-hydroxylation sites is 1. The Morgan fingerprint density at radius 2 is 1.81 bits per heavy atom. The van der Waals surface area contributed by atoms with Crippen LogP contribution in [0.5, 0.6) is 5.75 Å². The van der Waals surface area contributed by atoms with Crippen molar-refractivity contribution in [3.05, 3.63) is 65.7 Å². The molecule has 1 heterocycles. The number of aromatic carboxylic acids is 1. The fourth-order valence-electron chi connectivity index (χ4n) is 4.25. The SMILES string of the molecule is C[C@H](CC(=O)C1CC(C)(C)CCN1CCOc1ccccc1)c1ccc(C(=O)O)cc1. The molecule has 3 rings (SSSR count). The topological polar surface area (TPSA) is 66.8 Å². The van der Waals surface area contributed by atoms with Crippen LogP contribution >= 0.6 is 0 Å². The smallest absolute Gasteiger partial charge is 0.335 e. The molecular formula is C26H33NO4. The van der Waals surface area contributed by atoms with Crippen LogP contribution in [0.2, 0.25) is 0 Å². The molecule has 166 valence electrons. The summed E-state index contributed by atoms with van der Waals surface area (Å²) in [6.07, 6.45) is 2.36. The van der Waals surface area contributed by atoms with Crippen LogP contribution in [0.1, 0.15) is 61.9 Å². The Morgan fingerprint density at radius 1 is 1.13 bits per heavy atom. The quantitative estimate of drug-likeness (QED) is 0.614. The van der Waals surface area contributed by atoms with Crippen LogP contribution in [0.25, 0.3) is 0 Å². The standard InChI is InChI=1S/C26H33NO4/c1-19(20-9-11-21(12-10-20)25(29)30)17-24(28)23-18-26(2,3)13-14-27(23)15-16-31-22-7-5-4-6-8-22/h4-12,19,23H,13-18H2,1-3H3,(H,29,30)/t19-,23?/m1/s1. The second-order valence-electron chi connectivity index (χ2n) is 9.33. The van der Waals surface area contributed by atoms with Crippen LogP contribution < -0.4 is 4.74 Å². The number of hydrogen-bond acceptors (Lipinski definition) is 4. The second kappa shape index (κ2) is 10.1. The number of ketones is 1. The number of benzene rings is 2. The van der Waals surface area contributed by atoms with E-state index in [1.807, 2.05) is 49.4 Å². The van der Waals surface area contributed by atoms with Gasteiger partial charge in [0, 0.05) is 13.0 Å². The first-order valence-electron chi connectivity index (χ1n) is 11.0. The molecule has 1 unspecified atom stereocenters. The van der Waals surface area contributed by atoms with Crippen molar-refractivity contribution < 1.29 is 19.4 Å². The van der Waals surface area contributed by atoms with Crippen LogP contribution in [-0.2, 0) is 4.79 Å². The van der Waals surface area contributed by atoms with Crippen molar-refractivity contribution in [1.29, 1.82) is 0 Å². The summed E-state index contributed by atoms with van der Waals surface area (Å²) in [5.41, 5.74) is 1.40. The maximum atomic E-state index is 13.3. The number of carboxylic acids is 1. The minimum atomic E-state index is -0.937. The fourth-order valence-corrected chi connectivity index (χ4v) is 4.25. The predicted octanol–water partition coefficient (Wildman–Crippen LogP) is 5.02. The summed E-state index contributed by atoms with van der Waals surface area (Å²) >= 11 is 0. The lowest BCUT2D eigenvalue weighted by molar-refractivity contribution is -0.127. The normalized spacial score (nSPS) is 19.5. The molecule has 2 atom stereocenters. The first-order valence-corrected chi connectivity index (χ1v) is 11.0. The van der Waals surface area contributed by atoms with E-state index in [1.54, 1.807) is 12.1 Å². The summed E-state index contributed by atoms with van der Waals surface area (Å²) < 4.78 is 5.87. The number of carboxylic acid groups (broad SMARTS) is 1. The van der Waals surface area contributed by atoms with Crippen molar-refractivity contribution >= 4 is 11.8 Å². The third-order valence-corrected chi connectivity index (χ3v) is 6.26. The molecule has 0 bridgehead atoms. The molecule has 0 aromatic heterocycles. The Balaban J connectivity index is 1.62. The van der Waals surface area contributed by atoms with Gasteiger partial charge in [-0.1, -0.05) is 51.1 Å². The zero-order valence-corrected chi connectivity index (χ0v) is 18.7. The van der Waals surface area contributed by atoms with E-state index in [0.29, 0.717) is 13.0 Å². The van der Waals surface area contributed by atoms with Gasteiger partial charge in [0.2, 0.25) is 0 Å². The number of likely N-dealkylation sites (tertiary alicyclic amines) is 1.